The fourth-order valence-electron chi connectivity index (χ4n) is 4.43. The summed E-state index contributed by atoms with van der Waals surface area (Å²) in [6.07, 6.45) is -3.98. The van der Waals surface area contributed by atoms with Crippen LogP contribution in [-0.4, -0.2) is 37.4 Å². The van der Waals surface area contributed by atoms with Gasteiger partial charge in [-0.25, -0.2) is 9.48 Å². The van der Waals surface area contributed by atoms with Crippen LogP contribution in [0.2, 0.25) is 5.02 Å². The average molecular weight is 548 g/mol. The first kappa shape index (κ1) is 27.7. The number of nitrogens with two attached hydrogens (primary N) is 1. The fraction of sp³-hybridized carbons (Fsp3) is 0.370. The van der Waals surface area contributed by atoms with Crippen LogP contribution in [0.4, 0.5) is 18.9 Å². The van der Waals surface area contributed by atoms with Gasteiger partial charge >= 0.3 is 11.9 Å². The maximum Gasteiger partial charge on any atom is 0.390 e. The molecule has 11 heteroatoms. The lowest BCUT2D eigenvalue weighted by Gasteiger charge is -2.24. The second-order valence-corrected chi connectivity index (χ2v) is 9.66. The molecule has 0 amide bonds. The Labute approximate surface area is 223 Å². The molecular weight excluding hydrogens is 519 g/mol. The van der Waals surface area contributed by atoms with Gasteiger partial charge in [0.05, 0.1) is 30.5 Å². The van der Waals surface area contributed by atoms with Crippen molar-refractivity contribution < 1.29 is 18.3 Å². The van der Waals surface area contributed by atoms with Crippen LogP contribution in [0, 0.1) is 0 Å². The molecule has 0 spiro atoms. The van der Waals surface area contributed by atoms with Crippen LogP contribution in [0.5, 0.6) is 0 Å². The van der Waals surface area contributed by atoms with Crippen molar-refractivity contribution >= 4 is 23.0 Å². The first-order valence-electron chi connectivity index (χ1n) is 12.4. The van der Waals surface area contributed by atoms with E-state index in [1.54, 1.807) is 36.4 Å². The number of aromatic nitrogens is 3. The van der Waals surface area contributed by atoms with Gasteiger partial charge in [0.25, 0.3) is 0 Å². The van der Waals surface area contributed by atoms with Crippen molar-refractivity contribution in [1.29, 1.82) is 0 Å². The number of allylic oxidation sites excluding steroid dienone is 1. The van der Waals surface area contributed by atoms with E-state index in [4.69, 9.17) is 17.3 Å². The zero-order valence-corrected chi connectivity index (χ0v) is 21.6. The summed E-state index contributed by atoms with van der Waals surface area (Å²) < 4.78 is 41.2. The van der Waals surface area contributed by atoms with E-state index in [2.05, 4.69) is 10.1 Å². The Morgan fingerprint density at radius 1 is 1.24 bits per heavy atom. The predicted molar refractivity (Wildman–Crippen MR) is 142 cm³/mol. The fourth-order valence-corrected chi connectivity index (χ4v) is 4.62. The summed E-state index contributed by atoms with van der Waals surface area (Å²) in [4.78, 5) is 17.8. The van der Waals surface area contributed by atoms with E-state index in [9.17, 15) is 23.1 Å². The molecule has 1 aliphatic carbocycles. The zero-order chi connectivity index (χ0) is 27.4. The summed E-state index contributed by atoms with van der Waals surface area (Å²) in [5.41, 5.74) is 9.11. The molecule has 0 bridgehead atoms. The molecular formula is C27H29ClF3N5O2. The maximum atomic E-state index is 13.2. The van der Waals surface area contributed by atoms with Gasteiger partial charge in [-0.3, -0.25) is 9.56 Å². The third-order valence-corrected chi connectivity index (χ3v) is 6.69. The Balaban J connectivity index is 1.73. The standard InChI is InChI=1S/C27H29ClF3N5O2/c1-2-17-9-11-18(12-10-17)25-34-36(26(38)35(25)14-13-27(29,30)31)16-22(32)21-7-4-8-23(37)24(21)33-20-6-3-5-19(28)15-20/h3,5-6,9-12,15,23,37H,2,4,7-8,13-14,16,32H2,1H3/b22-21-,33-24?. The molecule has 38 heavy (non-hydrogen) atoms. The Morgan fingerprint density at radius 2 is 1.97 bits per heavy atom. The van der Waals surface area contributed by atoms with Crippen molar-refractivity contribution in [2.45, 2.75) is 64.4 Å². The number of aryl methyl sites for hydroxylation is 1. The minimum Gasteiger partial charge on any atom is -0.400 e. The Bertz CT molecular complexity index is 1410. The van der Waals surface area contributed by atoms with Crippen molar-refractivity contribution in [1.82, 2.24) is 14.3 Å². The van der Waals surface area contributed by atoms with Gasteiger partial charge in [-0.1, -0.05) is 48.9 Å². The quantitative estimate of drug-likeness (QED) is 0.413. The molecule has 202 valence electrons. The molecule has 3 N–H and O–H groups in total. The monoisotopic (exact) mass is 547 g/mol. The smallest absolute Gasteiger partial charge is 0.390 e. The van der Waals surface area contributed by atoms with Crippen molar-refractivity contribution in [3.8, 4) is 11.4 Å². The third kappa shape index (κ3) is 6.54. The predicted octanol–water partition coefficient (Wildman–Crippen LogP) is 5.41. The van der Waals surface area contributed by atoms with Gasteiger partial charge in [0.15, 0.2) is 5.82 Å². The summed E-state index contributed by atoms with van der Waals surface area (Å²) >= 11 is 6.07. The molecule has 1 heterocycles. The Hall–Kier alpha value is -3.37. The lowest BCUT2D eigenvalue weighted by molar-refractivity contribution is -0.136. The number of alkyl halides is 3. The summed E-state index contributed by atoms with van der Waals surface area (Å²) in [6, 6.07) is 14.0. The zero-order valence-electron chi connectivity index (χ0n) is 20.9. The van der Waals surface area contributed by atoms with E-state index in [1.807, 2.05) is 19.1 Å². The van der Waals surface area contributed by atoms with Crippen LogP contribution in [0.1, 0.15) is 38.2 Å². The second-order valence-electron chi connectivity index (χ2n) is 9.22. The molecule has 1 saturated carbocycles. The van der Waals surface area contributed by atoms with E-state index < -0.39 is 30.9 Å². The van der Waals surface area contributed by atoms with Crippen LogP contribution in [-0.2, 0) is 19.5 Å². The van der Waals surface area contributed by atoms with Gasteiger partial charge < -0.3 is 10.8 Å². The van der Waals surface area contributed by atoms with Crippen LogP contribution >= 0.6 is 11.6 Å². The summed E-state index contributed by atoms with van der Waals surface area (Å²) in [7, 11) is 0. The van der Waals surface area contributed by atoms with Crippen molar-refractivity contribution in [3.05, 3.63) is 80.9 Å². The molecule has 0 saturated heterocycles. The van der Waals surface area contributed by atoms with Gasteiger partial charge in [0.1, 0.15) is 0 Å². The molecule has 2 aromatic carbocycles. The number of aliphatic hydroxyl groups excluding tert-OH is 1. The molecule has 1 aliphatic rings. The molecule has 0 aliphatic heterocycles. The van der Waals surface area contributed by atoms with Gasteiger partial charge in [-0.05, 0) is 55.0 Å². The number of hydrogen-bond acceptors (Lipinski definition) is 5. The van der Waals surface area contributed by atoms with Crippen LogP contribution in [0.15, 0.2) is 69.6 Å². The first-order valence-corrected chi connectivity index (χ1v) is 12.8. The van der Waals surface area contributed by atoms with E-state index in [1.165, 1.54) is 0 Å². The Kier molecular flexibility index (Phi) is 8.42. The molecule has 1 unspecified atom stereocenters. The van der Waals surface area contributed by atoms with Crippen molar-refractivity contribution in [2.24, 2.45) is 10.7 Å². The molecule has 4 rings (SSSR count). The summed E-state index contributed by atoms with van der Waals surface area (Å²) in [5, 5.41) is 15.5. The second kappa shape index (κ2) is 11.6. The number of halogens is 4. The average Bonchev–Trinajstić information content (AvgIpc) is 3.18. The molecule has 1 aromatic heterocycles. The number of aliphatic hydroxyl groups is 1. The maximum absolute atomic E-state index is 13.2. The summed E-state index contributed by atoms with van der Waals surface area (Å²) in [5.74, 6) is 0.135. The van der Waals surface area contributed by atoms with E-state index in [0.29, 0.717) is 46.8 Å². The highest BCUT2D eigenvalue weighted by atomic mass is 35.5. The molecule has 1 atom stereocenters. The highest BCUT2D eigenvalue weighted by Crippen LogP contribution is 2.28. The van der Waals surface area contributed by atoms with Crippen LogP contribution in [0.25, 0.3) is 11.4 Å². The minimum absolute atomic E-state index is 0.135. The van der Waals surface area contributed by atoms with E-state index >= 15 is 0 Å². The topological polar surface area (TPSA) is 98.4 Å². The molecule has 1 fully saturated rings. The normalized spacial score (nSPS) is 18.7. The number of benzene rings is 2. The molecule has 0 radical (unpaired) electrons. The first-order chi connectivity index (χ1) is 18.1. The van der Waals surface area contributed by atoms with Gasteiger partial charge in [0, 0.05) is 22.8 Å². The van der Waals surface area contributed by atoms with Crippen molar-refractivity contribution in [3.63, 3.8) is 0 Å². The number of aliphatic imine (C=N–C) groups is 1. The molecule has 3 aromatic rings. The number of nitrogens with zero attached hydrogens (tertiary/aromatic N) is 4. The largest absolute Gasteiger partial charge is 0.400 e. The van der Waals surface area contributed by atoms with Crippen molar-refractivity contribution in [2.75, 3.05) is 0 Å². The number of hydrogen-bond donors (Lipinski definition) is 2. The lowest BCUT2D eigenvalue weighted by atomic mass is 9.88. The third-order valence-electron chi connectivity index (χ3n) is 6.46. The van der Waals surface area contributed by atoms with Crippen LogP contribution in [0.3, 0.4) is 0 Å². The van der Waals surface area contributed by atoms with Gasteiger partial charge in [-0.2, -0.15) is 13.2 Å². The molecule has 7 nitrogen and oxygen atoms in total. The number of rotatable bonds is 7. The van der Waals surface area contributed by atoms with Crippen LogP contribution < -0.4 is 11.4 Å². The lowest BCUT2D eigenvalue weighted by Crippen LogP contribution is -2.32. The Morgan fingerprint density at radius 3 is 2.63 bits per heavy atom. The highest BCUT2D eigenvalue weighted by molar-refractivity contribution is 6.30. The highest BCUT2D eigenvalue weighted by Gasteiger charge is 2.29. The SMILES string of the molecule is CCc1ccc(-c2nn(C/C(N)=C3\CCCC(O)C3=Nc3cccc(Cl)c3)c(=O)n2CCC(F)(F)F)cc1. The van der Waals surface area contributed by atoms with E-state index in [-0.39, 0.29) is 18.1 Å². The van der Waals surface area contributed by atoms with E-state index in [0.717, 1.165) is 21.2 Å². The van der Waals surface area contributed by atoms with Gasteiger partial charge in [-0.15, -0.1) is 5.10 Å². The van der Waals surface area contributed by atoms with Gasteiger partial charge in [0.2, 0.25) is 0 Å². The minimum atomic E-state index is -4.43. The summed E-state index contributed by atoms with van der Waals surface area (Å²) in [6.45, 7) is 1.27.